The van der Waals surface area contributed by atoms with Gasteiger partial charge in [0.2, 0.25) is 0 Å². The van der Waals surface area contributed by atoms with Crippen LogP contribution < -0.4 is 5.32 Å². The summed E-state index contributed by atoms with van der Waals surface area (Å²) in [5.41, 5.74) is 3.53. The third-order valence-electron chi connectivity index (χ3n) is 4.32. The van der Waals surface area contributed by atoms with Gasteiger partial charge in [-0.15, -0.1) is 0 Å². The Morgan fingerprint density at radius 1 is 1.36 bits per heavy atom. The lowest BCUT2D eigenvalue weighted by Crippen LogP contribution is -2.40. The van der Waals surface area contributed by atoms with Gasteiger partial charge in [-0.05, 0) is 36.8 Å². The molecule has 2 atom stereocenters. The molecule has 2 aromatic rings. The first-order chi connectivity index (χ1) is 13.5. The number of amides is 2. The highest BCUT2D eigenvalue weighted by Gasteiger charge is 2.23. The molecule has 0 bridgehead atoms. The molecule has 0 saturated heterocycles. The molecule has 3 rings (SSSR count). The summed E-state index contributed by atoms with van der Waals surface area (Å²) in [5, 5.41) is 17.5. The van der Waals surface area contributed by atoms with Crippen molar-refractivity contribution >= 4 is 23.3 Å². The monoisotopic (exact) mass is 397 g/mol. The van der Waals surface area contributed by atoms with Crippen LogP contribution in [0.25, 0.3) is 0 Å². The predicted molar refractivity (Wildman–Crippen MR) is 107 cm³/mol. The molecule has 2 amide bonds. The Kier molecular flexibility index (Phi) is 6.19. The van der Waals surface area contributed by atoms with E-state index in [1.807, 2.05) is 48.5 Å². The quantitative estimate of drug-likeness (QED) is 0.467. The molecule has 28 heavy (non-hydrogen) atoms. The van der Waals surface area contributed by atoms with E-state index < -0.39 is 12.1 Å². The van der Waals surface area contributed by atoms with Crippen molar-refractivity contribution in [2.45, 2.75) is 25.5 Å². The Balaban J connectivity index is 1.70. The average Bonchev–Trinajstić information content (AvgIpc) is 3.22. The van der Waals surface area contributed by atoms with E-state index in [1.54, 1.807) is 6.92 Å². The summed E-state index contributed by atoms with van der Waals surface area (Å²) < 4.78 is 0. The minimum absolute atomic E-state index is 0.141. The van der Waals surface area contributed by atoms with Crippen LogP contribution in [-0.4, -0.2) is 35.1 Å². The normalized spacial score (nSPS) is 16.3. The van der Waals surface area contributed by atoms with E-state index >= 15 is 0 Å². The molecule has 0 aromatic heterocycles. The van der Waals surface area contributed by atoms with Crippen LogP contribution >= 0.6 is 11.6 Å². The van der Waals surface area contributed by atoms with Gasteiger partial charge in [0.1, 0.15) is 6.04 Å². The second-order valence-electron chi connectivity index (χ2n) is 6.31. The summed E-state index contributed by atoms with van der Waals surface area (Å²) in [6.45, 7) is 1.64. The van der Waals surface area contributed by atoms with Crippen molar-refractivity contribution in [2.24, 2.45) is 5.16 Å². The summed E-state index contributed by atoms with van der Waals surface area (Å²) >= 11 is 5.93. The first-order valence-electron chi connectivity index (χ1n) is 8.78. The highest BCUT2D eigenvalue weighted by Crippen LogP contribution is 2.30. The van der Waals surface area contributed by atoms with Gasteiger partial charge in [-0.1, -0.05) is 52.9 Å². The molecule has 2 unspecified atom stereocenters. The van der Waals surface area contributed by atoms with Gasteiger partial charge in [0.15, 0.2) is 6.10 Å². The Labute approximate surface area is 168 Å². The van der Waals surface area contributed by atoms with Gasteiger partial charge in [-0.25, -0.2) is 4.79 Å². The van der Waals surface area contributed by atoms with Crippen molar-refractivity contribution in [1.82, 2.24) is 10.4 Å². The minimum atomic E-state index is -0.648. The number of hydrogen-bond acceptors (Lipinski definition) is 4. The van der Waals surface area contributed by atoms with Crippen molar-refractivity contribution in [3.05, 3.63) is 70.2 Å². The molecular formula is C21H20ClN3O3. The molecule has 0 saturated carbocycles. The van der Waals surface area contributed by atoms with E-state index in [4.69, 9.17) is 16.4 Å². The van der Waals surface area contributed by atoms with Crippen molar-refractivity contribution < 1.29 is 14.8 Å². The zero-order valence-corrected chi connectivity index (χ0v) is 16.3. The Morgan fingerprint density at radius 3 is 2.82 bits per heavy atom. The lowest BCUT2D eigenvalue weighted by molar-refractivity contribution is -0.0566. The van der Waals surface area contributed by atoms with E-state index in [1.165, 1.54) is 7.05 Å². The number of carbonyl (C=O) groups is 1. The van der Waals surface area contributed by atoms with E-state index in [-0.39, 0.29) is 6.10 Å². The Hall–Kier alpha value is -3.01. The zero-order valence-electron chi connectivity index (χ0n) is 15.5. The number of halogens is 1. The van der Waals surface area contributed by atoms with Crippen LogP contribution in [0.1, 0.15) is 36.1 Å². The van der Waals surface area contributed by atoms with Crippen LogP contribution in [0.3, 0.4) is 0 Å². The molecule has 144 valence electrons. The number of nitrogens with one attached hydrogen (secondary N) is 1. The number of urea groups is 1. The summed E-state index contributed by atoms with van der Waals surface area (Å²) in [4.78, 5) is 17.0. The molecule has 1 aliphatic heterocycles. The van der Waals surface area contributed by atoms with Gasteiger partial charge in [-0.3, -0.25) is 5.21 Å². The highest BCUT2D eigenvalue weighted by molar-refractivity contribution is 6.30. The second kappa shape index (κ2) is 8.79. The van der Waals surface area contributed by atoms with Gasteiger partial charge in [0.05, 0.1) is 5.71 Å². The van der Waals surface area contributed by atoms with Crippen LogP contribution in [0.2, 0.25) is 5.02 Å². The van der Waals surface area contributed by atoms with E-state index in [9.17, 15) is 10.0 Å². The van der Waals surface area contributed by atoms with E-state index in [0.29, 0.717) is 16.5 Å². The van der Waals surface area contributed by atoms with Gasteiger partial charge >= 0.3 is 6.03 Å². The molecule has 0 aliphatic carbocycles. The molecule has 0 fully saturated rings. The maximum atomic E-state index is 11.4. The first-order valence-corrected chi connectivity index (χ1v) is 9.15. The number of hydrogen-bond donors (Lipinski definition) is 2. The molecule has 6 nitrogen and oxygen atoms in total. The molecule has 2 N–H and O–H groups in total. The Bertz CT molecular complexity index is 947. The van der Waals surface area contributed by atoms with Gasteiger partial charge in [0.25, 0.3) is 0 Å². The largest absolute Gasteiger partial charge is 0.387 e. The van der Waals surface area contributed by atoms with E-state index in [0.717, 1.165) is 22.4 Å². The van der Waals surface area contributed by atoms with Crippen molar-refractivity contribution in [1.29, 1.82) is 0 Å². The van der Waals surface area contributed by atoms with Gasteiger partial charge in [0, 0.05) is 29.6 Å². The number of rotatable bonds is 3. The van der Waals surface area contributed by atoms with Crippen LogP contribution in [0.4, 0.5) is 4.79 Å². The number of carbonyl (C=O) groups excluding carboxylic acids is 1. The summed E-state index contributed by atoms with van der Waals surface area (Å²) in [6, 6.07) is 13.9. The average molecular weight is 398 g/mol. The molecule has 1 aliphatic rings. The highest BCUT2D eigenvalue weighted by atomic mass is 35.5. The summed E-state index contributed by atoms with van der Waals surface area (Å²) in [7, 11) is 1.44. The van der Waals surface area contributed by atoms with E-state index in [2.05, 4.69) is 22.3 Å². The number of hydroxylamine groups is 2. The molecule has 2 aromatic carbocycles. The SMILES string of the molecule is CNC(=O)N(O)C(C)C#Cc1cccc(C2=NOC(c3ccc(Cl)cc3)C2)c1. The third-order valence-corrected chi connectivity index (χ3v) is 4.57. The topological polar surface area (TPSA) is 74.2 Å². The van der Waals surface area contributed by atoms with Crippen LogP contribution in [-0.2, 0) is 4.84 Å². The smallest absolute Gasteiger partial charge is 0.342 e. The fourth-order valence-electron chi connectivity index (χ4n) is 2.72. The lowest BCUT2D eigenvalue weighted by Gasteiger charge is -2.16. The maximum absolute atomic E-state index is 11.4. The second-order valence-corrected chi connectivity index (χ2v) is 6.75. The summed E-state index contributed by atoms with van der Waals surface area (Å²) in [5.74, 6) is 5.83. The molecule has 0 spiro atoms. The fourth-order valence-corrected chi connectivity index (χ4v) is 2.85. The number of benzene rings is 2. The molecule has 0 radical (unpaired) electrons. The molecule has 7 heteroatoms. The molecule has 1 heterocycles. The minimum Gasteiger partial charge on any atom is -0.387 e. The Morgan fingerprint density at radius 2 is 2.11 bits per heavy atom. The lowest BCUT2D eigenvalue weighted by atomic mass is 9.99. The van der Waals surface area contributed by atoms with Crippen molar-refractivity contribution in [3.63, 3.8) is 0 Å². The van der Waals surface area contributed by atoms with Crippen molar-refractivity contribution in [3.8, 4) is 11.8 Å². The number of nitrogens with zero attached hydrogens (tertiary/aromatic N) is 2. The van der Waals surface area contributed by atoms with Gasteiger partial charge < -0.3 is 10.2 Å². The fraction of sp³-hybridized carbons (Fsp3) is 0.238. The van der Waals surface area contributed by atoms with Crippen LogP contribution in [0.5, 0.6) is 0 Å². The number of oxime groups is 1. The maximum Gasteiger partial charge on any atom is 0.342 e. The van der Waals surface area contributed by atoms with Crippen molar-refractivity contribution in [2.75, 3.05) is 7.05 Å². The zero-order chi connectivity index (χ0) is 20.1. The standard InChI is InChI=1S/C21H20ClN3O3/c1-14(25(27)21(26)23-2)6-7-15-4-3-5-17(12-15)19-13-20(28-24-19)16-8-10-18(22)11-9-16/h3-5,8-12,14,20,27H,13H2,1-2H3,(H,23,26). The third kappa shape index (κ3) is 4.63. The molecular weight excluding hydrogens is 378 g/mol. The van der Waals surface area contributed by atoms with Crippen LogP contribution in [0.15, 0.2) is 53.7 Å². The van der Waals surface area contributed by atoms with Gasteiger partial charge in [-0.2, -0.15) is 5.06 Å². The van der Waals surface area contributed by atoms with Crippen LogP contribution in [0, 0.1) is 11.8 Å². The predicted octanol–water partition coefficient (Wildman–Crippen LogP) is 3.98. The summed E-state index contributed by atoms with van der Waals surface area (Å²) in [6.07, 6.45) is 0.508. The first kappa shape index (κ1) is 19.7.